The van der Waals surface area contributed by atoms with Crippen molar-refractivity contribution in [3.63, 3.8) is 0 Å². The van der Waals surface area contributed by atoms with Crippen LogP contribution < -0.4 is 16.1 Å². The number of hydrogen-bond acceptors (Lipinski definition) is 4. The number of fused-ring (bicyclic) bond motifs is 1. The first-order valence-electron chi connectivity index (χ1n) is 3.97. The molecule has 0 saturated heterocycles. The average Bonchev–Trinajstić information content (AvgIpc) is 2.47. The fraction of sp³-hybridized carbons (Fsp3) is 0.286. The number of rotatable bonds is 1. The van der Waals surface area contributed by atoms with E-state index < -0.39 is 11.2 Å². The molecule has 0 aromatic carbocycles. The summed E-state index contributed by atoms with van der Waals surface area (Å²) in [6.45, 7) is 0. The lowest BCUT2D eigenvalue weighted by Gasteiger charge is -2.05. The molecule has 2 rings (SSSR count). The Morgan fingerprint density at radius 3 is 2.50 bits per heavy atom. The van der Waals surface area contributed by atoms with Gasteiger partial charge in [-0.3, -0.25) is 14.8 Å². The molecular weight excluding hydrogens is 186 g/mol. The summed E-state index contributed by atoms with van der Waals surface area (Å²) in [7, 11) is 3.56. The number of imidazole rings is 1. The molecule has 0 saturated carbocycles. The molecule has 3 N–H and O–H groups in total. The molecule has 0 fully saturated rings. The van der Waals surface area contributed by atoms with E-state index in [-0.39, 0.29) is 11.2 Å². The first-order chi connectivity index (χ1) is 6.58. The number of nitrogens with zero attached hydrogens (tertiary/aromatic N) is 2. The Hall–Kier alpha value is -2.05. The Balaban J connectivity index is 2.84. The van der Waals surface area contributed by atoms with Crippen molar-refractivity contribution in [1.82, 2.24) is 19.9 Å². The molecule has 14 heavy (non-hydrogen) atoms. The molecule has 2 heterocycles. The number of H-pyrrole nitrogens is 3. The van der Waals surface area contributed by atoms with Gasteiger partial charge >= 0.3 is 5.69 Å². The normalized spacial score (nSPS) is 10.7. The van der Waals surface area contributed by atoms with Crippen LogP contribution in [-0.2, 0) is 0 Å². The quantitative estimate of drug-likeness (QED) is 0.544. The second-order valence-corrected chi connectivity index (χ2v) is 3.09. The van der Waals surface area contributed by atoms with Crippen LogP contribution in [0.2, 0.25) is 0 Å². The summed E-state index contributed by atoms with van der Waals surface area (Å²) in [5, 5.41) is 0. The zero-order chi connectivity index (χ0) is 10.3. The predicted octanol–water partition coefficient (Wildman–Crippen LogP) is -0.995. The van der Waals surface area contributed by atoms with Crippen LogP contribution in [-0.4, -0.2) is 34.0 Å². The number of aromatic nitrogens is 4. The van der Waals surface area contributed by atoms with Crippen molar-refractivity contribution in [3.05, 3.63) is 20.8 Å². The van der Waals surface area contributed by atoms with Gasteiger partial charge in [0.2, 0.25) is 5.95 Å². The van der Waals surface area contributed by atoms with Crippen LogP contribution in [0.1, 0.15) is 0 Å². The lowest BCUT2D eigenvalue weighted by Crippen LogP contribution is -2.21. The van der Waals surface area contributed by atoms with Gasteiger partial charge in [-0.25, -0.2) is 4.79 Å². The van der Waals surface area contributed by atoms with E-state index in [1.165, 1.54) is 0 Å². The van der Waals surface area contributed by atoms with Crippen molar-refractivity contribution in [1.29, 1.82) is 0 Å². The van der Waals surface area contributed by atoms with E-state index in [2.05, 4.69) is 19.9 Å². The molecule has 7 nitrogen and oxygen atoms in total. The summed E-state index contributed by atoms with van der Waals surface area (Å²) < 4.78 is 0. The average molecular weight is 195 g/mol. The lowest BCUT2D eigenvalue weighted by molar-refractivity contribution is 1.04. The maximum absolute atomic E-state index is 11.3. The van der Waals surface area contributed by atoms with Crippen LogP contribution in [0.5, 0.6) is 0 Å². The third-order valence-corrected chi connectivity index (χ3v) is 1.80. The minimum Gasteiger partial charge on any atom is -0.348 e. The summed E-state index contributed by atoms with van der Waals surface area (Å²) in [6, 6.07) is 0. The fourth-order valence-electron chi connectivity index (χ4n) is 1.13. The molecular formula is C7H9N5O2. The van der Waals surface area contributed by atoms with Crippen molar-refractivity contribution in [3.8, 4) is 0 Å². The molecule has 2 aromatic rings. The van der Waals surface area contributed by atoms with Gasteiger partial charge in [0.1, 0.15) is 0 Å². The van der Waals surface area contributed by atoms with Crippen LogP contribution in [0, 0.1) is 0 Å². The number of anilines is 1. The molecule has 0 aliphatic rings. The highest BCUT2D eigenvalue weighted by molar-refractivity contribution is 5.71. The van der Waals surface area contributed by atoms with Crippen molar-refractivity contribution in [2.45, 2.75) is 0 Å². The van der Waals surface area contributed by atoms with E-state index >= 15 is 0 Å². The van der Waals surface area contributed by atoms with E-state index in [0.29, 0.717) is 5.95 Å². The second-order valence-electron chi connectivity index (χ2n) is 3.09. The second kappa shape index (κ2) is 2.72. The van der Waals surface area contributed by atoms with Crippen LogP contribution >= 0.6 is 0 Å². The lowest BCUT2D eigenvalue weighted by atomic mass is 10.5. The Bertz CT molecular complexity index is 576. The molecule has 0 aliphatic carbocycles. The van der Waals surface area contributed by atoms with E-state index in [1.807, 2.05) is 0 Å². The van der Waals surface area contributed by atoms with Gasteiger partial charge in [0, 0.05) is 14.1 Å². The summed E-state index contributed by atoms with van der Waals surface area (Å²) in [4.78, 5) is 35.2. The van der Waals surface area contributed by atoms with E-state index in [9.17, 15) is 9.59 Å². The van der Waals surface area contributed by atoms with Crippen molar-refractivity contribution in [2.75, 3.05) is 19.0 Å². The maximum Gasteiger partial charge on any atom is 0.327 e. The molecule has 7 heteroatoms. The first kappa shape index (κ1) is 8.54. The van der Waals surface area contributed by atoms with Crippen LogP contribution in [0.3, 0.4) is 0 Å². The Morgan fingerprint density at radius 2 is 1.86 bits per heavy atom. The molecule has 2 aromatic heterocycles. The van der Waals surface area contributed by atoms with Crippen LogP contribution in [0.25, 0.3) is 11.2 Å². The van der Waals surface area contributed by atoms with Crippen LogP contribution in [0.15, 0.2) is 9.59 Å². The highest BCUT2D eigenvalue weighted by Gasteiger charge is 2.07. The Kier molecular flexibility index (Phi) is 1.66. The van der Waals surface area contributed by atoms with Gasteiger partial charge in [0.15, 0.2) is 11.2 Å². The monoisotopic (exact) mass is 195 g/mol. The van der Waals surface area contributed by atoms with Gasteiger partial charge in [-0.15, -0.1) is 0 Å². The van der Waals surface area contributed by atoms with Crippen molar-refractivity contribution >= 4 is 17.1 Å². The highest BCUT2D eigenvalue weighted by Crippen LogP contribution is 2.07. The summed E-state index contributed by atoms with van der Waals surface area (Å²) in [6.07, 6.45) is 0. The molecule has 0 spiro atoms. The Labute approximate surface area is 77.8 Å². The molecule has 74 valence electrons. The minimum absolute atomic E-state index is 0.266. The zero-order valence-electron chi connectivity index (χ0n) is 7.71. The third-order valence-electron chi connectivity index (χ3n) is 1.80. The van der Waals surface area contributed by atoms with E-state index in [0.717, 1.165) is 0 Å². The largest absolute Gasteiger partial charge is 0.348 e. The standard InChI is InChI=1S/C7H9N5O2/c1-12(2)6-8-3-4(9-6)10-7(14)11-5(3)13/h1-2H3,(H3,8,9,10,11,13,14). The topological polar surface area (TPSA) is 97.6 Å². The number of hydrogen-bond donors (Lipinski definition) is 3. The van der Waals surface area contributed by atoms with E-state index in [1.54, 1.807) is 19.0 Å². The van der Waals surface area contributed by atoms with Gasteiger partial charge in [0.25, 0.3) is 5.56 Å². The van der Waals surface area contributed by atoms with Gasteiger partial charge in [0.05, 0.1) is 0 Å². The van der Waals surface area contributed by atoms with Gasteiger partial charge in [-0.2, -0.15) is 4.98 Å². The fourth-order valence-corrected chi connectivity index (χ4v) is 1.13. The van der Waals surface area contributed by atoms with Crippen molar-refractivity contribution < 1.29 is 0 Å². The minimum atomic E-state index is -0.556. The first-order valence-corrected chi connectivity index (χ1v) is 3.97. The smallest absolute Gasteiger partial charge is 0.327 e. The highest BCUT2D eigenvalue weighted by atomic mass is 16.2. The van der Waals surface area contributed by atoms with Gasteiger partial charge in [-0.1, -0.05) is 0 Å². The number of aromatic amines is 3. The molecule has 0 unspecified atom stereocenters. The maximum atomic E-state index is 11.3. The molecule has 0 amide bonds. The predicted molar refractivity (Wildman–Crippen MR) is 51.7 cm³/mol. The van der Waals surface area contributed by atoms with Crippen LogP contribution in [0.4, 0.5) is 5.95 Å². The van der Waals surface area contributed by atoms with Gasteiger partial charge < -0.3 is 9.88 Å². The van der Waals surface area contributed by atoms with Gasteiger partial charge in [-0.05, 0) is 0 Å². The zero-order valence-corrected chi connectivity index (χ0v) is 7.71. The molecule has 0 bridgehead atoms. The summed E-state index contributed by atoms with van der Waals surface area (Å²) >= 11 is 0. The van der Waals surface area contributed by atoms with E-state index in [4.69, 9.17) is 0 Å². The molecule has 0 aliphatic heterocycles. The summed E-state index contributed by atoms with van der Waals surface area (Å²) in [5.41, 5.74) is -0.487. The molecule has 0 radical (unpaired) electrons. The van der Waals surface area contributed by atoms with Crippen molar-refractivity contribution in [2.24, 2.45) is 0 Å². The molecule has 0 atom stereocenters. The SMILES string of the molecule is CN(C)c1nc2[nH]c(=O)[nH]c(=O)c2[nH]1. The Morgan fingerprint density at radius 1 is 1.14 bits per heavy atom. The summed E-state index contributed by atoms with van der Waals surface area (Å²) in [5.74, 6) is 0.521. The third kappa shape index (κ3) is 1.18. The number of nitrogens with one attached hydrogen (secondary N) is 3.